The fourth-order valence-electron chi connectivity index (χ4n) is 3.50. The molecule has 1 fully saturated rings. The van der Waals surface area contributed by atoms with Gasteiger partial charge in [0.2, 0.25) is 5.95 Å². The van der Waals surface area contributed by atoms with Crippen molar-refractivity contribution in [2.45, 2.75) is 18.9 Å². The maximum atomic E-state index is 5.82. The van der Waals surface area contributed by atoms with Crippen molar-refractivity contribution in [1.82, 2.24) is 30.1 Å². The van der Waals surface area contributed by atoms with Crippen molar-refractivity contribution >= 4 is 39.8 Å². The number of fused-ring (bicyclic) bond motifs is 2. The molecule has 1 aliphatic heterocycles. The van der Waals surface area contributed by atoms with Gasteiger partial charge in [0, 0.05) is 23.7 Å². The van der Waals surface area contributed by atoms with Crippen LogP contribution in [0.15, 0.2) is 36.4 Å². The molecule has 0 amide bonds. The second-order valence-corrected chi connectivity index (χ2v) is 6.80. The maximum Gasteiger partial charge on any atom is 0.247 e. The average molecular weight is 363 g/mol. The Kier molecular flexibility index (Phi) is 3.79. The summed E-state index contributed by atoms with van der Waals surface area (Å²) in [6.07, 6.45) is 2.33. The summed E-state index contributed by atoms with van der Waals surface area (Å²) >= 11 is 0. The first-order valence-corrected chi connectivity index (χ1v) is 9.10. The number of aromatic nitrogens is 5. The lowest BCUT2D eigenvalue weighted by atomic mass is 10.1. The van der Waals surface area contributed by atoms with Crippen molar-refractivity contribution in [3.05, 3.63) is 36.4 Å². The molecule has 9 heteroatoms. The summed E-state index contributed by atoms with van der Waals surface area (Å²) in [6.45, 7) is 2.05. The van der Waals surface area contributed by atoms with Gasteiger partial charge in [-0.05, 0) is 49.7 Å². The third-order valence-electron chi connectivity index (χ3n) is 4.86. The van der Waals surface area contributed by atoms with E-state index in [1.165, 1.54) is 6.42 Å². The molecule has 27 heavy (non-hydrogen) atoms. The van der Waals surface area contributed by atoms with Crippen LogP contribution in [0.2, 0.25) is 0 Å². The van der Waals surface area contributed by atoms with Crippen LogP contribution >= 0.6 is 0 Å². The summed E-state index contributed by atoms with van der Waals surface area (Å²) < 4.78 is 1.84. The molecular formula is C18H21N9. The number of pyridine rings is 1. The lowest BCUT2D eigenvalue weighted by Crippen LogP contribution is -2.38. The van der Waals surface area contributed by atoms with Gasteiger partial charge in [0.1, 0.15) is 5.82 Å². The van der Waals surface area contributed by atoms with Crippen LogP contribution in [0.25, 0.3) is 16.6 Å². The topological polar surface area (TPSA) is 121 Å². The molecule has 0 aliphatic carbocycles. The highest BCUT2D eigenvalue weighted by molar-refractivity contribution is 5.91. The molecule has 1 aromatic carbocycles. The Hall–Kier alpha value is -3.33. The van der Waals surface area contributed by atoms with Crippen LogP contribution in [-0.4, -0.2) is 43.9 Å². The molecule has 1 unspecified atom stereocenters. The molecule has 1 atom stereocenters. The fraction of sp³-hybridized carbons (Fsp3) is 0.278. The van der Waals surface area contributed by atoms with Crippen LogP contribution in [0.1, 0.15) is 12.8 Å². The van der Waals surface area contributed by atoms with Crippen LogP contribution in [0, 0.1) is 0 Å². The zero-order valence-electron chi connectivity index (χ0n) is 14.7. The molecule has 4 heterocycles. The smallest absolute Gasteiger partial charge is 0.247 e. The van der Waals surface area contributed by atoms with Gasteiger partial charge < -0.3 is 21.7 Å². The highest BCUT2D eigenvalue weighted by Crippen LogP contribution is 2.24. The van der Waals surface area contributed by atoms with Crippen molar-refractivity contribution in [3.8, 4) is 0 Å². The number of nitrogens with two attached hydrogens (primary N) is 1. The zero-order valence-corrected chi connectivity index (χ0v) is 14.7. The van der Waals surface area contributed by atoms with Crippen LogP contribution < -0.4 is 21.7 Å². The Bertz CT molecular complexity index is 1090. The summed E-state index contributed by atoms with van der Waals surface area (Å²) in [4.78, 5) is 4.58. The van der Waals surface area contributed by atoms with Crippen molar-refractivity contribution in [3.63, 3.8) is 0 Å². The molecule has 4 aromatic rings. The average Bonchev–Trinajstić information content (AvgIpc) is 3.26. The fourth-order valence-corrected chi connectivity index (χ4v) is 3.50. The van der Waals surface area contributed by atoms with Crippen molar-refractivity contribution in [2.75, 3.05) is 29.5 Å². The number of hydrogen-bond donors (Lipinski definition) is 5. The monoisotopic (exact) mass is 363 g/mol. The van der Waals surface area contributed by atoms with Crippen LogP contribution in [-0.2, 0) is 0 Å². The predicted octanol–water partition coefficient (Wildman–Crippen LogP) is 2.10. The Balaban J connectivity index is 1.42. The van der Waals surface area contributed by atoms with Gasteiger partial charge in [-0.2, -0.15) is 14.6 Å². The lowest BCUT2D eigenvalue weighted by molar-refractivity contribution is 0.478. The molecule has 0 bridgehead atoms. The number of hydrogen-bond acceptors (Lipinski definition) is 7. The van der Waals surface area contributed by atoms with E-state index in [0.717, 1.165) is 47.6 Å². The van der Waals surface area contributed by atoms with Gasteiger partial charge in [-0.25, -0.2) is 0 Å². The van der Waals surface area contributed by atoms with Crippen molar-refractivity contribution in [1.29, 1.82) is 0 Å². The Morgan fingerprint density at radius 2 is 2.19 bits per heavy atom. The number of benzene rings is 1. The third-order valence-corrected chi connectivity index (χ3v) is 4.86. The summed E-state index contributed by atoms with van der Waals surface area (Å²) in [7, 11) is 0. The van der Waals surface area contributed by atoms with Gasteiger partial charge >= 0.3 is 0 Å². The van der Waals surface area contributed by atoms with Crippen LogP contribution in [0.4, 0.5) is 23.3 Å². The SMILES string of the molecule is Nc1n[nH]c2cc(Nc3nc4cccc(NC5CCCNC5)n4n3)ccc12. The van der Waals surface area contributed by atoms with E-state index >= 15 is 0 Å². The van der Waals surface area contributed by atoms with Crippen LogP contribution in [0.3, 0.4) is 0 Å². The summed E-state index contributed by atoms with van der Waals surface area (Å²) in [6, 6.07) is 12.2. The van der Waals surface area contributed by atoms with Crippen molar-refractivity contribution in [2.24, 2.45) is 0 Å². The van der Waals surface area contributed by atoms with E-state index in [2.05, 4.69) is 36.2 Å². The molecule has 138 valence electrons. The van der Waals surface area contributed by atoms with Gasteiger partial charge in [0.15, 0.2) is 11.5 Å². The third kappa shape index (κ3) is 3.02. The highest BCUT2D eigenvalue weighted by Gasteiger charge is 2.15. The molecule has 3 aromatic heterocycles. The molecule has 0 spiro atoms. The van der Waals surface area contributed by atoms with E-state index in [1.54, 1.807) is 0 Å². The summed E-state index contributed by atoms with van der Waals surface area (Å²) in [5, 5.41) is 22.7. The molecule has 0 radical (unpaired) electrons. The Labute approximate surface area is 155 Å². The van der Waals surface area contributed by atoms with Gasteiger partial charge in [-0.3, -0.25) is 5.10 Å². The first-order chi connectivity index (χ1) is 13.3. The minimum absolute atomic E-state index is 0.401. The first-order valence-electron chi connectivity index (χ1n) is 9.10. The Morgan fingerprint density at radius 3 is 3.07 bits per heavy atom. The second kappa shape index (κ2) is 6.44. The maximum absolute atomic E-state index is 5.82. The molecule has 6 N–H and O–H groups in total. The zero-order chi connectivity index (χ0) is 18.2. The Morgan fingerprint density at radius 1 is 1.22 bits per heavy atom. The molecule has 0 saturated carbocycles. The number of rotatable bonds is 4. The number of anilines is 4. The largest absolute Gasteiger partial charge is 0.382 e. The molecule has 5 rings (SSSR count). The predicted molar refractivity (Wildman–Crippen MR) is 106 cm³/mol. The van der Waals surface area contributed by atoms with Crippen LogP contribution in [0.5, 0.6) is 0 Å². The highest BCUT2D eigenvalue weighted by atomic mass is 15.4. The standard InChI is InChI=1S/C18H21N9/c19-17-13-7-6-11(9-14(13)24-25-17)22-18-23-16-5-1-4-15(27(16)26-18)21-12-3-2-8-20-10-12/h1,4-7,9,12,20-21H,2-3,8,10H2,(H,22,26)(H3,19,24,25). The minimum Gasteiger partial charge on any atom is -0.382 e. The van der Waals surface area contributed by atoms with E-state index in [1.807, 2.05) is 40.9 Å². The second-order valence-electron chi connectivity index (χ2n) is 6.80. The first kappa shape index (κ1) is 15.9. The van der Waals surface area contributed by atoms with Gasteiger partial charge in [-0.1, -0.05) is 6.07 Å². The van der Waals surface area contributed by atoms with E-state index in [-0.39, 0.29) is 0 Å². The molecular weight excluding hydrogens is 342 g/mol. The lowest BCUT2D eigenvalue weighted by Gasteiger charge is -2.24. The number of H-pyrrole nitrogens is 1. The summed E-state index contributed by atoms with van der Waals surface area (Å²) in [5.74, 6) is 1.98. The number of nitrogen functional groups attached to an aromatic ring is 1. The molecule has 9 nitrogen and oxygen atoms in total. The number of piperidine rings is 1. The molecule has 1 aliphatic rings. The van der Waals surface area contributed by atoms with E-state index in [0.29, 0.717) is 17.8 Å². The van der Waals surface area contributed by atoms with Crippen molar-refractivity contribution < 1.29 is 0 Å². The summed E-state index contributed by atoms with van der Waals surface area (Å²) in [5.41, 5.74) is 8.35. The van der Waals surface area contributed by atoms with Gasteiger partial charge in [0.05, 0.1) is 5.52 Å². The molecule has 1 saturated heterocycles. The van der Waals surface area contributed by atoms with E-state index in [4.69, 9.17) is 5.73 Å². The van der Waals surface area contributed by atoms with E-state index in [9.17, 15) is 0 Å². The number of nitrogens with zero attached hydrogens (tertiary/aromatic N) is 4. The quantitative estimate of drug-likeness (QED) is 0.376. The van der Waals surface area contributed by atoms with Gasteiger partial charge in [-0.15, -0.1) is 5.10 Å². The normalized spacial score (nSPS) is 17.4. The number of nitrogens with one attached hydrogen (secondary N) is 4. The van der Waals surface area contributed by atoms with E-state index < -0.39 is 0 Å². The minimum atomic E-state index is 0.401. The van der Waals surface area contributed by atoms with Gasteiger partial charge in [0.25, 0.3) is 0 Å². The number of aromatic amines is 1.